The molecule has 2 N–H and O–H groups in total. The lowest BCUT2D eigenvalue weighted by molar-refractivity contribution is -0.218. The van der Waals surface area contributed by atoms with Gasteiger partial charge in [0.1, 0.15) is 12.7 Å². The molecule has 2 aromatic rings. The second-order valence-electron chi connectivity index (χ2n) is 9.58. The summed E-state index contributed by atoms with van der Waals surface area (Å²) in [5, 5.41) is 20.2. The van der Waals surface area contributed by atoms with Gasteiger partial charge in [-0.25, -0.2) is 9.69 Å². The summed E-state index contributed by atoms with van der Waals surface area (Å²) in [6, 6.07) is 18.1. The molecular formula is C29H32BrNO8. The van der Waals surface area contributed by atoms with Crippen LogP contribution in [0.15, 0.2) is 71.2 Å². The average molecular weight is 602 g/mol. The van der Waals surface area contributed by atoms with Crippen LogP contribution in [-0.2, 0) is 36.6 Å². The number of hydrogen-bond donors (Lipinski definition) is 2. The largest absolute Gasteiger partial charge is 0.447 e. The number of ketones is 1. The number of ether oxygens (including phenoxy) is 3. The SMILES string of the molecule is O=C1C=C(Br)[C@](O)(CCCOCCO)O[C@@H]1[C@@H](Cc1ccccc1)C(=O)N1C(=O)OC[C@H]1Cc1ccccc1. The molecule has 2 heterocycles. The smallest absolute Gasteiger partial charge is 0.416 e. The molecule has 2 amide bonds. The predicted octanol–water partition coefficient (Wildman–Crippen LogP) is 3.16. The summed E-state index contributed by atoms with van der Waals surface area (Å²) in [6.45, 7) is 0.355. The molecule has 0 saturated carbocycles. The maximum absolute atomic E-state index is 14.1. The van der Waals surface area contributed by atoms with E-state index in [-0.39, 0.29) is 43.8 Å². The summed E-state index contributed by atoms with van der Waals surface area (Å²) in [5.74, 6) is -4.06. The average Bonchev–Trinajstić information content (AvgIpc) is 3.30. The van der Waals surface area contributed by atoms with Gasteiger partial charge in [-0.05, 0) is 52.4 Å². The highest BCUT2D eigenvalue weighted by Crippen LogP contribution is 2.37. The molecule has 0 bridgehead atoms. The summed E-state index contributed by atoms with van der Waals surface area (Å²) < 4.78 is 16.7. The minimum atomic E-state index is -1.87. The van der Waals surface area contributed by atoms with Crippen LogP contribution in [0, 0.1) is 5.92 Å². The molecule has 0 spiro atoms. The van der Waals surface area contributed by atoms with Crippen molar-refractivity contribution in [1.29, 1.82) is 0 Å². The first-order valence-corrected chi connectivity index (χ1v) is 13.7. The minimum absolute atomic E-state index is 0.0419. The van der Waals surface area contributed by atoms with E-state index in [2.05, 4.69) is 15.9 Å². The standard InChI is InChI=1S/C29H32BrNO8/c30-25-18-24(33)26(39-29(25,36)12-7-14-37-15-13-32)23(17-21-10-5-2-6-11-21)27(34)31-22(19-38-28(31)35)16-20-8-3-1-4-9-20/h1-6,8-11,18,22-23,26,32,36H,7,12-17,19H2/t22-,23-,26-,29+/m1/s1. The maximum Gasteiger partial charge on any atom is 0.416 e. The summed E-state index contributed by atoms with van der Waals surface area (Å²) in [7, 11) is 0. The predicted molar refractivity (Wildman–Crippen MR) is 145 cm³/mol. The van der Waals surface area contributed by atoms with Crippen molar-refractivity contribution >= 4 is 33.7 Å². The topological polar surface area (TPSA) is 123 Å². The molecule has 2 aliphatic heterocycles. The van der Waals surface area contributed by atoms with Crippen LogP contribution in [0.3, 0.4) is 0 Å². The Morgan fingerprint density at radius 1 is 1.08 bits per heavy atom. The van der Waals surface area contributed by atoms with Gasteiger partial charge in [0.25, 0.3) is 0 Å². The number of rotatable bonds is 12. The van der Waals surface area contributed by atoms with Gasteiger partial charge in [-0.2, -0.15) is 0 Å². The lowest BCUT2D eigenvalue weighted by Gasteiger charge is -2.38. The molecule has 0 unspecified atom stereocenters. The van der Waals surface area contributed by atoms with E-state index in [9.17, 15) is 19.5 Å². The van der Waals surface area contributed by atoms with E-state index in [1.165, 1.54) is 6.08 Å². The third-order valence-electron chi connectivity index (χ3n) is 6.78. The molecule has 0 radical (unpaired) electrons. The lowest BCUT2D eigenvalue weighted by atomic mass is 9.87. The fourth-order valence-electron chi connectivity index (χ4n) is 4.82. The number of aliphatic hydroxyl groups is 2. The molecule has 2 aromatic carbocycles. The van der Waals surface area contributed by atoms with Crippen molar-refractivity contribution in [2.45, 2.75) is 43.6 Å². The number of aliphatic hydroxyl groups excluding tert-OH is 1. The van der Waals surface area contributed by atoms with E-state index in [0.717, 1.165) is 16.0 Å². The van der Waals surface area contributed by atoms with Gasteiger partial charge in [0.15, 0.2) is 11.6 Å². The zero-order valence-electron chi connectivity index (χ0n) is 21.4. The molecule has 0 aliphatic carbocycles. The van der Waals surface area contributed by atoms with Crippen LogP contribution in [0.5, 0.6) is 0 Å². The first-order valence-electron chi connectivity index (χ1n) is 12.9. The van der Waals surface area contributed by atoms with Gasteiger partial charge in [0.2, 0.25) is 5.91 Å². The van der Waals surface area contributed by atoms with Gasteiger partial charge in [-0.3, -0.25) is 9.59 Å². The van der Waals surface area contributed by atoms with Crippen molar-refractivity contribution in [2.24, 2.45) is 5.92 Å². The molecule has 10 heteroatoms. The van der Waals surface area contributed by atoms with E-state index in [1.54, 1.807) is 0 Å². The second kappa shape index (κ2) is 13.5. The van der Waals surface area contributed by atoms with Crippen LogP contribution in [-0.4, -0.2) is 77.3 Å². The third-order valence-corrected chi connectivity index (χ3v) is 7.63. The van der Waals surface area contributed by atoms with Crippen LogP contribution in [0.1, 0.15) is 24.0 Å². The van der Waals surface area contributed by atoms with Crippen LogP contribution in [0.25, 0.3) is 0 Å². The quantitative estimate of drug-likeness (QED) is 0.356. The number of nitrogens with zero attached hydrogens (tertiary/aromatic N) is 1. The fraction of sp³-hybridized carbons (Fsp3) is 0.414. The van der Waals surface area contributed by atoms with Crippen LogP contribution in [0.2, 0.25) is 0 Å². The van der Waals surface area contributed by atoms with Gasteiger partial charge in [-0.1, -0.05) is 60.7 Å². The van der Waals surface area contributed by atoms with Gasteiger partial charge in [0, 0.05) is 13.0 Å². The summed E-state index contributed by atoms with van der Waals surface area (Å²) in [5.41, 5.74) is 1.71. The normalized spacial score (nSPS) is 23.9. The molecule has 4 atom stereocenters. The Balaban J connectivity index is 1.60. The molecule has 9 nitrogen and oxygen atoms in total. The van der Waals surface area contributed by atoms with Gasteiger partial charge < -0.3 is 24.4 Å². The number of hydrogen-bond acceptors (Lipinski definition) is 8. The highest BCUT2D eigenvalue weighted by Gasteiger charge is 2.49. The van der Waals surface area contributed by atoms with Gasteiger partial charge >= 0.3 is 6.09 Å². The number of benzene rings is 2. The Labute approximate surface area is 235 Å². The van der Waals surface area contributed by atoms with Crippen molar-refractivity contribution in [3.8, 4) is 0 Å². The zero-order chi connectivity index (χ0) is 27.8. The first-order chi connectivity index (χ1) is 18.8. The summed E-state index contributed by atoms with van der Waals surface area (Å²) in [6.07, 6.45) is 0.0856. The zero-order valence-corrected chi connectivity index (χ0v) is 23.0. The molecular weight excluding hydrogens is 570 g/mol. The number of carbonyl (C=O) groups is 3. The number of cyclic esters (lactones) is 1. The number of carbonyl (C=O) groups excluding carboxylic acids is 3. The highest BCUT2D eigenvalue weighted by molar-refractivity contribution is 9.11. The number of halogens is 1. The van der Waals surface area contributed by atoms with Crippen LogP contribution in [0.4, 0.5) is 4.79 Å². The fourth-order valence-corrected chi connectivity index (χ4v) is 5.34. The molecule has 2 aliphatic rings. The third kappa shape index (κ3) is 7.20. The first kappa shape index (κ1) is 29.1. The van der Waals surface area contributed by atoms with Crippen molar-refractivity contribution in [3.63, 3.8) is 0 Å². The Morgan fingerprint density at radius 3 is 2.41 bits per heavy atom. The molecule has 0 aromatic heterocycles. The molecule has 39 heavy (non-hydrogen) atoms. The van der Waals surface area contributed by atoms with Gasteiger partial charge in [-0.15, -0.1) is 0 Å². The molecule has 208 valence electrons. The van der Waals surface area contributed by atoms with Crippen molar-refractivity contribution < 1.29 is 38.8 Å². The number of imide groups is 1. The summed E-state index contributed by atoms with van der Waals surface area (Å²) in [4.78, 5) is 41.2. The van der Waals surface area contributed by atoms with E-state index in [1.807, 2.05) is 60.7 Å². The van der Waals surface area contributed by atoms with E-state index in [4.69, 9.17) is 19.3 Å². The Kier molecular flexibility index (Phi) is 10.0. The molecule has 1 saturated heterocycles. The van der Waals surface area contributed by atoms with Crippen molar-refractivity contribution in [2.75, 3.05) is 26.4 Å². The second-order valence-corrected chi connectivity index (χ2v) is 10.4. The Hall–Kier alpha value is -2.89. The Bertz CT molecular complexity index is 1170. The molecule has 4 rings (SSSR count). The Morgan fingerprint density at radius 2 is 1.74 bits per heavy atom. The van der Waals surface area contributed by atoms with Crippen molar-refractivity contribution in [3.05, 3.63) is 82.3 Å². The highest BCUT2D eigenvalue weighted by atomic mass is 79.9. The summed E-state index contributed by atoms with van der Waals surface area (Å²) >= 11 is 3.25. The van der Waals surface area contributed by atoms with Crippen LogP contribution >= 0.6 is 15.9 Å². The molecule has 1 fully saturated rings. The van der Waals surface area contributed by atoms with Crippen LogP contribution < -0.4 is 0 Å². The van der Waals surface area contributed by atoms with Crippen molar-refractivity contribution in [1.82, 2.24) is 4.90 Å². The minimum Gasteiger partial charge on any atom is -0.447 e. The monoisotopic (exact) mass is 601 g/mol. The van der Waals surface area contributed by atoms with E-state index < -0.39 is 41.6 Å². The lowest BCUT2D eigenvalue weighted by Crippen LogP contribution is -2.53. The van der Waals surface area contributed by atoms with E-state index in [0.29, 0.717) is 12.8 Å². The van der Waals surface area contributed by atoms with E-state index >= 15 is 0 Å². The maximum atomic E-state index is 14.1. The number of amides is 2. The van der Waals surface area contributed by atoms with Gasteiger partial charge in [0.05, 0.1) is 29.7 Å².